The van der Waals surface area contributed by atoms with Gasteiger partial charge < -0.3 is 19.4 Å². The molecule has 2 N–H and O–H groups in total. The van der Waals surface area contributed by atoms with Crippen LogP contribution < -0.4 is 10.4 Å². The van der Waals surface area contributed by atoms with Crippen LogP contribution in [0, 0.1) is 0 Å². The van der Waals surface area contributed by atoms with E-state index in [1.807, 2.05) is 18.2 Å². The zero-order valence-electron chi connectivity index (χ0n) is 19.8. The van der Waals surface area contributed by atoms with E-state index in [-0.39, 0.29) is 23.9 Å². The van der Waals surface area contributed by atoms with Crippen LogP contribution in [-0.2, 0) is 9.16 Å². The monoisotopic (exact) mass is 454 g/mol. The van der Waals surface area contributed by atoms with Gasteiger partial charge in [-0.15, -0.1) is 0 Å². The molecule has 2 aromatic carbocycles. The van der Waals surface area contributed by atoms with Gasteiger partial charge in [0, 0.05) is 0 Å². The third kappa shape index (κ3) is 5.24. The summed E-state index contributed by atoms with van der Waals surface area (Å²) in [5.41, 5.74) is 0. The van der Waals surface area contributed by atoms with Crippen molar-refractivity contribution >= 4 is 18.7 Å². The predicted molar refractivity (Wildman–Crippen MR) is 133 cm³/mol. The lowest BCUT2D eigenvalue weighted by Crippen LogP contribution is -2.68. The second-order valence-corrected chi connectivity index (χ2v) is 13.9. The molecular formula is C27H38O4Si. The maximum absolute atomic E-state index is 10.4. The number of rotatable bonds is 6. The van der Waals surface area contributed by atoms with Gasteiger partial charge >= 0.3 is 0 Å². The molecule has 1 aliphatic heterocycles. The number of ether oxygens (including phenoxy) is 1. The lowest BCUT2D eigenvalue weighted by atomic mass is 10.1. The Bertz CT molecular complexity index is 807. The van der Waals surface area contributed by atoms with Crippen molar-refractivity contribution in [1.82, 2.24) is 0 Å². The van der Waals surface area contributed by atoms with Gasteiger partial charge in [0.05, 0.1) is 24.9 Å². The highest BCUT2D eigenvalue weighted by Gasteiger charge is 2.52. The van der Waals surface area contributed by atoms with Crippen LogP contribution in [0.15, 0.2) is 72.8 Å². The summed E-state index contributed by atoms with van der Waals surface area (Å²) in [6, 6.07) is 21.2. The normalized spacial score (nSPS) is 26.1. The van der Waals surface area contributed by atoms with Gasteiger partial charge in [0.1, 0.15) is 6.10 Å². The standard InChI is InChI=1S/C27H38O4Si/c1-5-24-25(19-13-12-18-23(29)26(20-28)30-24)31-32(27(2,3)4,21-14-8-6-9-15-21)22-16-10-7-11-17-22/h6-17,23-26,28-29H,5,18-20H2,1-4H3/b13-12-/t23-,24+,25-,26+/m1/s1. The van der Waals surface area contributed by atoms with Crippen LogP contribution in [0.1, 0.15) is 47.0 Å². The molecule has 174 valence electrons. The minimum absolute atomic E-state index is 0.133. The minimum atomic E-state index is -2.74. The van der Waals surface area contributed by atoms with Gasteiger partial charge in [0.25, 0.3) is 8.32 Å². The van der Waals surface area contributed by atoms with Crippen molar-refractivity contribution in [2.75, 3.05) is 6.61 Å². The van der Waals surface area contributed by atoms with E-state index >= 15 is 0 Å². The van der Waals surface area contributed by atoms with Gasteiger partial charge in [-0.2, -0.15) is 0 Å². The Hall–Kier alpha value is -1.76. The molecule has 3 rings (SSSR count). The van der Waals surface area contributed by atoms with Gasteiger partial charge in [-0.25, -0.2) is 0 Å². The highest BCUT2D eigenvalue weighted by molar-refractivity contribution is 6.99. The van der Waals surface area contributed by atoms with Crippen LogP contribution in [0.5, 0.6) is 0 Å². The Morgan fingerprint density at radius 3 is 1.91 bits per heavy atom. The molecule has 2 aromatic rings. The van der Waals surface area contributed by atoms with Crippen molar-refractivity contribution in [1.29, 1.82) is 0 Å². The molecular weight excluding hydrogens is 416 g/mol. The van der Waals surface area contributed by atoms with E-state index in [1.54, 1.807) is 0 Å². The van der Waals surface area contributed by atoms with Crippen molar-refractivity contribution in [3.63, 3.8) is 0 Å². The molecule has 1 heterocycles. The smallest absolute Gasteiger partial charge is 0.261 e. The summed E-state index contributed by atoms with van der Waals surface area (Å²) in [5.74, 6) is 0. The summed E-state index contributed by atoms with van der Waals surface area (Å²) in [6.45, 7) is 8.68. The molecule has 0 bridgehead atoms. The highest BCUT2D eigenvalue weighted by atomic mass is 28.4. The number of hydrogen-bond acceptors (Lipinski definition) is 4. The average molecular weight is 455 g/mol. The second-order valence-electron chi connectivity index (χ2n) is 9.63. The van der Waals surface area contributed by atoms with E-state index in [0.717, 1.165) is 6.42 Å². The van der Waals surface area contributed by atoms with Gasteiger partial charge in [0.15, 0.2) is 0 Å². The highest BCUT2D eigenvalue weighted by Crippen LogP contribution is 2.39. The Morgan fingerprint density at radius 1 is 0.906 bits per heavy atom. The lowest BCUT2D eigenvalue weighted by Gasteiger charge is -2.46. The molecule has 0 saturated carbocycles. The van der Waals surface area contributed by atoms with E-state index in [4.69, 9.17) is 9.16 Å². The summed E-state index contributed by atoms with van der Waals surface area (Å²) < 4.78 is 13.6. The third-order valence-corrected chi connectivity index (χ3v) is 11.5. The first kappa shape index (κ1) is 24.9. The van der Waals surface area contributed by atoms with Gasteiger partial charge in [0.2, 0.25) is 0 Å². The van der Waals surface area contributed by atoms with Crippen molar-refractivity contribution in [2.45, 2.75) is 76.4 Å². The maximum Gasteiger partial charge on any atom is 0.261 e. The Labute approximate surface area is 194 Å². The van der Waals surface area contributed by atoms with Crippen LogP contribution in [0.2, 0.25) is 5.04 Å². The van der Waals surface area contributed by atoms with E-state index in [9.17, 15) is 10.2 Å². The van der Waals surface area contributed by atoms with Crippen LogP contribution in [0.4, 0.5) is 0 Å². The zero-order valence-corrected chi connectivity index (χ0v) is 20.8. The molecule has 0 unspecified atom stereocenters. The Morgan fingerprint density at radius 2 is 1.44 bits per heavy atom. The number of aliphatic hydroxyl groups excluding tert-OH is 2. The molecule has 4 atom stereocenters. The second kappa shape index (κ2) is 10.9. The van der Waals surface area contributed by atoms with Gasteiger partial charge in [-0.3, -0.25) is 0 Å². The van der Waals surface area contributed by atoms with Crippen LogP contribution in [0.3, 0.4) is 0 Å². The summed E-state index contributed by atoms with van der Waals surface area (Å²) in [4.78, 5) is 0. The molecule has 4 nitrogen and oxygen atoms in total. The number of benzene rings is 2. The van der Waals surface area contributed by atoms with Gasteiger partial charge in [-0.1, -0.05) is 101 Å². The van der Waals surface area contributed by atoms with E-state index in [0.29, 0.717) is 12.8 Å². The SMILES string of the molecule is CC[C@@H]1O[C@@H](CO)[C@H](O)C/C=C\C[C@H]1O[Si](c1ccccc1)(c1ccccc1)C(C)(C)C. The maximum atomic E-state index is 10.4. The molecule has 32 heavy (non-hydrogen) atoms. The number of aliphatic hydroxyl groups is 2. The summed E-state index contributed by atoms with van der Waals surface area (Å²) in [6.07, 6.45) is 4.22. The zero-order chi connectivity index (χ0) is 23.2. The van der Waals surface area contributed by atoms with Crippen molar-refractivity contribution in [2.24, 2.45) is 0 Å². The van der Waals surface area contributed by atoms with E-state index in [2.05, 4.69) is 82.3 Å². The third-order valence-electron chi connectivity index (χ3n) is 6.43. The Balaban J connectivity index is 2.12. The molecule has 0 fully saturated rings. The first-order valence-electron chi connectivity index (χ1n) is 11.7. The topological polar surface area (TPSA) is 58.9 Å². The molecule has 1 aliphatic rings. The predicted octanol–water partition coefficient (Wildman–Crippen LogP) is 3.80. The summed E-state index contributed by atoms with van der Waals surface area (Å²) in [7, 11) is -2.74. The minimum Gasteiger partial charge on any atom is -0.402 e. The van der Waals surface area contributed by atoms with E-state index < -0.39 is 20.5 Å². The Kier molecular flexibility index (Phi) is 8.47. The van der Waals surface area contributed by atoms with Crippen molar-refractivity contribution in [3.05, 3.63) is 72.8 Å². The van der Waals surface area contributed by atoms with Crippen molar-refractivity contribution < 1.29 is 19.4 Å². The quantitative estimate of drug-likeness (QED) is 0.515. The van der Waals surface area contributed by atoms with Crippen LogP contribution >= 0.6 is 0 Å². The largest absolute Gasteiger partial charge is 0.402 e. The molecule has 0 saturated heterocycles. The average Bonchev–Trinajstić information content (AvgIpc) is 2.86. The first-order valence-corrected chi connectivity index (χ1v) is 13.6. The van der Waals surface area contributed by atoms with Crippen LogP contribution in [-0.4, -0.2) is 49.6 Å². The van der Waals surface area contributed by atoms with Gasteiger partial charge in [-0.05, 0) is 34.7 Å². The van der Waals surface area contributed by atoms with Crippen molar-refractivity contribution in [3.8, 4) is 0 Å². The molecule has 0 amide bonds. The van der Waals surface area contributed by atoms with E-state index in [1.165, 1.54) is 10.4 Å². The fourth-order valence-corrected chi connectivity index (χ4v) is 9.46. The molecule has 0 radical (unpaired) electrons. The van der Waals surface area contributed by atoms with Crippen LogP contribution in [0.25, 0.3) is 0 Å². The molecule has 0 aliphatic carbocycles. The molecule has 5 heteroatoms. The lowest BCUT2D eigenvalue weighted by molar-refractivity contribution is -0.125. The fourth-order valence-electron chi connectivity index (χ4n) is 4.74. The summed E-state index contributed by atoms with van der Waals surface area (Å²) >= 11 is 0. The first-order chi connectivity index (χ1) is 15.3. The number of hydrogen-bond donors (Lipinski definition) is 2. The molecule has 0 spiro atoms. The molecule has 0 aromatic heterocycles. The summed E-state index contributed by atoms with van der Waals surface area (Å²) in [5, 5.41) is 22.6. The fraction of sp³-hybridized carbons (Fsp3) is 0.481.